The topological polar surface area (TPSA) is 3.24 Å². The van der Waals surface area contributed by atoms with Crippen molar-refractivity contribution in [2.45, 2.75) is 0 Å². The average Bonchev–Trinajstić information content (AvgIpc) is 1.65. The van der Waals surface area contributed by atoms with Gasteiger partial charge in [0.2, 0.25) is 0 Å². The van der Waals surface area contributed by atoms with Gasteiger partial charge in [-0.3, -0.25) is 0 Å². The zero-order chi connectivity index (χ0) is 5.86. The molecule has 1 atom stereocenters. The molecule has 0 saturated carbocycles. The van der Waals surface area contributed by atoms with Crippen LogP contribution in [0.15, 0.2) is 0 Å². The summed E-state index contributed by atoms with van der Waals surface area (Å²) in [6.07, 6.45) is 0. The van der Waals surface area contributed by atoms with E-state index in [1.165, 1.54) is 0 Å². The normalized spacial score (nSPS) is 15.1. The highest BCUT2D eigenvalue weighted by Crippen LogP contribution is 1.75. The Morgan fingerprint density at radius 1 is 1.71 bits per heavy atom. The van der Waals surface area contributed by atoms with E-state index in [1.54, 1.807) is 4.90 Å². The highest BCUT2D eigenvalue weighted by atomic mass is 35.5. The largest absolute Gasteiger partial charge is 0.308 e. The van der Waals surface area contributed by atoms with Crippen LogP contribution in [0.3, 0.4) is 0 Å². The highest BCUT2D eigenvalue weighted by Gasteiger charge is 1.81. The Balaban J connectivity index is 0. The minimum absolute atomic E-state index is 0. The van der Waals surface area contributed by atoms with Crippen LogP contribution in [-0.4, -0.2) is 31.4 Å². The second kappa shape index (κ2) is 6.54. The quantitative estimate of drug-likeness (QED) is 0.528. The van der Waals surface area contributed by atoms with Gasteiger partial charge in [-0.05, 0) is 14.1 Å². The molecule has 1 unspecified atom stereocenters. The summed E-state index contributed by atoms with van der Waals surface area (Å²) < 4.78 is 7.07. The molecule has 0 N–H and O–H groups in total. The Hall–Kier alpha value is 0.540. The molecule has 0 aliphatic carbocycles. The van der Waals surface area contributed by atoms with Crippen LogP contribution in [0, 0.1) is 0 Å². The summed E-state index contributed by atoms with van der Waals surface area (Å²) in [5.41, 5.74) is 0. The third-order valence-corrected chi connectivity index (χ3v) is 0.572. The smallest absolute Gasteiger partial charge is 0.0443 e. The maximum atomic E-state index is 7.07. The molecule has 0 aromatic rings. The third kappa shape index (κ3) is 10.8. The molecule has 0 aromatic heterocycles. The van der Waals surface area contributed by atoms with Gasteiger partial charge in [0.15, 0.2) is 0 Å². The lowest BCUT2D eigenvalue weighted by atomic mass is 10.7. The number of hydrogen-bond donors (Lipinski definition) is 0. The van der Waals surface area contributed by atoms with Crippen LogP contribution in [0.25, 0.3) is 0 Å². The van der Waals surface area contributed by atoms with E-state index in [1.807, 2.05) is 14.1 Å². The maximum absolute atomic E-state index is 7.07. The molecule has 0 rings (SSSR count). The number of alkyl halides is 1. The lowest BCUT2D eigenvalue weighted by Gasteiger charge is -2.02. The van der Waals surface area contributed by atoms with Crippen molar-refractivity contribution in [3.8, 4) is 0 Å². The fraction of sp³-hybridized carbons (Fsp3) is 1.00. The lowest BCUT2D eigenvalue weighted by molar-refractivity contribution is 0.436. The molecular weight excluding hydrogens is 133 g/mol. The van der Waals surface area contributed by atoms with Crippen LogP contribution < -0.4 is 0 Å². The Kier molecular flexibility index (Phi) is 7.04. The Labute approximate surface area is 57.5 Å². The van der Waals surface area contributed by atoms with Crippen molar-refractivity contribution in [3.63, 3.8) is 0 Å². The van der Waals surface area contributed by atoms with Gasteiger partial charge in [-0.15, -0.1) is 24.0 Å². The zero-order valence-corrected chi connectivity index (χ0v) is 6.09. The Morgan fingerprint density at radius 2 is 2.14 bits per heavy atom. The van der Waals surface area contributed by atoms with Crippen molar-refractivity contribution in [3.05, 3.63) is 0 Å². The van der Waals surface area contributed by atoms with Gasteiger partial charge in [0.05, 0.1) is 0 Å². The predicted molar refractivity (Wildman–Crippen MR) is 36.5 cm³/mol. The van der Waals surface area contributed by atoms with Crippen molar-refractivity contribution in [2.24, 2.45) is 0 Å². The molecule has 0 aromatic carbocycles. The molecule has 0 heterocycles. The van der Waals surface area contributed by atoms with E-state index in [9.17, 15) is 0 Å². The van der Waals surface area contributed by atoms with Crippen LogP contribution >= 0.6 is 24.0 Å². The molecular formula is C4H11Cl2N. The monoisotopic (exact) mass is 144 g/mol. The summed E-state index contributed by atoms with van der Waals surface area (Å²) in [7, 11) is 3.67. The fourth-order valence-electron chi connectivity index (χ4n) is 0.138. The first-order chi connectivity index (χ1) is 3.18. The van der Waals surface area contributed by atoms with E-state index in [4.69, 9.17) is 13.0 Å². The summed E-state index contributed by atoms with van der Waals surface area (Å²) >= 11 is 5.32. The molecule has 0 saturated heterocycles. The van der Waals surface area contributed by atoms with E-state index in [0.29, 0.717) is 5.88 Å². The van der Waals surface area contributed by atoms with Crippen LogP contribution in [0.5, 0.6) is 0 Å². The van der Waals surface area contributed by atoms with E-state index in [0.717, 1.165) is 0 Å². The minimum Gasteiger partial charge on any atom is -0.308 e. The van der Waals surface area contributed by atoms with Gasteiger partial charge >= 0.3 is 0 Å². The SMILES string of the molecule is Cl.[2H]C(CCl)N(C)C. The first-order valence-corrected chi connectivity index (χ1v) is 2.36. The number of rotatable bonds is 2. The van der Waals surface area contributed by atoms with Gasteiger partial charge in [-0.2, -0.15) is 0 Å². The highest BCUT2D eigenvalue weighted by molar-refractivity contribution is 6.18. The number of nitrogens with zero attached hydrogens (tertiary/aromatic N) is 1. The van der Waals surface area contributed by atoms with Crippen molar-refractivity contribution in [1.29, 1.82) is 0 Å². The summed E-state index contributed by atoms with van der Waals surface area (Å²) in [4.78, 5) is 1.76. The molecule has 0 bridgehead atoms. The Morgan fingerprint density at radius 3 is 2.14 bits per heavy atom. The number of hydrogen-bond acceptors (Lipinski definition) is 1. The van der Waals surface area contributed by atoms with Gasteiger partial charge < -0.3 is 4.90 Å². The van der Waals surface area contributed by atoms with E-state index >= 15 is 0 Å². The number of halogens is 2. The molecule has 7 heavy (non-hydrogen) atoms. The van der Waals surface area contributed by atoms with Crippen LogP contribution in [0.1, 0.15) is 1.37 Å². The van der Waals surface area contributed by atoms with Crippen molar-refractivity contribution in [2.75, 3.05) is 26.5 Å². The van der Waals surface area contributed by atoms with Gasteiger partial charge in [0.25, 0.3) is 0 Å². The Bertz CT molecular complexity index is 51.3. The molecule has 0 aliphatic rings. The van der Waals surface area contributed by atoms with Gasteiger partial charge in [0, 0.05) is 13.8 Å². The molecule has 0 aliphatic heterocycles. The van der Waals surface area contributed by atoms with Gasteiger partial charge in [-0.1, -0.05) is 0 Å². The van der Waals surface area contributed by atoms with E-state index in [-0.39, 0.29) is 18.9 Å². The van der Waals surface area contributed by atoms with Crippen molar-refractivity contribution in [1.82, 2.24) is 4.90 Å². The van der Waals surface area contributed by atoms with E-state index in [2.05, 4.69) is 0 Å². The maximum Gasteiger partial charge on any atom is 0.0443 e. The molecule has 1 nitrogen and oxygen atoms in total. The van der Waals surface area contributed by atoms with Crippen molar-refractivity contribution < 1.29 is 1.37 Å². The molecule has 0 spiro atoms. The van der Waals surface area contributed by atoms with Crippen LogP contribution in [-0.2, 0) is 0 Å². The van der Waals surface area contributed by atoms with Gasteiger partial charge in [0.1, 0.15) is 0 Å². The molecule has 0 amide bonds. The van der Waals surface area contributed by atoms with Crippen LogP contribution in [0.2, 0.25) is 0 Å². The fourth-order valence-corrected chi connectivity index (χ4v) is 0.414. The third-order valence-electron chi connectivity index (χ3n) is 0.434. The first-order valence-electron chi connectivity index (χ1n) is 2.41. The molecule has 46 valence electrons. The molecule has 3 heteroatoms. The first kappa shape index (κ1) is 7.54. The van der Waals surface area contributed by atoms with Gasteiger partial charge in [-0.25, -0.2) is 0 Å². The van der Waals surface area contributed by atoms with E-state index < -0.39 is 0 Å². The predicted octanol–water partition coefficient (Wildman–Crippen LogP) is 1.21. The molecule has 0 fully saturated rings. The zero-order valence-electron chi connectivity index (χ0n) is 5.52. The summed E-state index contributed by atoms with van der Waals surface area (Å²) in [5.74, 6) is 0.382. The minimum atomic E-state index is -0.248. The lowest BCUT2D eigenvalue weighted by Crippen LogP contribution is -2.13. The van der Waals surface area contributed by atoms with Crippen molar-refractivity contribution >= 4 is 24.0 Å². The summed E-state index contributed by atoms with van der Waals surface area (Å²) in [6.45, 7) is -0.248. The standard InChI is InChI=1S/C4H10ClN.ClH/c1-6(2)4-3-5;/h3-4H2,1-2H3;1H/i4D;. The second-order valence-electron chi connectivity index (χ2n) is 1.30. The summed E-state index contributed by atoms with van der Waals surface area (Å²) in [5, 5.41) is 0. The average molecular weight is 145 g/mol. The molecule has 0 radical (unpaired) electrons. The second-order valence-corrected chi connectivity index (χ2v) is 1.61. The summed E-state index contributed by atoms with van der Waals surface area (Å²) in [6, 6.07) is 0. The van der Waals surface area contributed by atoms with Crippen LogP contribution in [0.4, 0.5) is 0 Å².